The van der Waals surface area contributed by atoms with Crippen LogP contribution in [0.1, 0.15) is 31.7 Å². The van der Waals surface area contributed by atoms with Crippen molar-refractivity contribution in [2.75, 3.05) is 13.6 Å². The summed E-state index contributed by atoms with van der Waals surface area (Å²) in [7, 11) is 1.70. The molecular weight excluding hydrogens is 291 g/mol. The van der Waals surface area contributed by atoms with Crippen LogP contribution in [0.4, 0.5) is 4.39 Å². The van der Waals surface area contributed by atoms with E-state index < -0.39 is 0 Å². The zero-order chi connectivity index (χ0) is 15.4. The molecule has 1 aliphatic heterocycles. The van der Waals surface area contributed by atoms with Crippen molar-refractivity contribution in [2.24, 2.45) is 5.92 Å². The highest BCUT2D eigenvalue weighted by molar-refractivity contribution is 6.31. The minimum atomic E-state index is -0.370. The molecule has 2 atom stereocenters. The van der Waals surface area contributed by atoms with E-state index in [4.69, 9.17) is 11.6 Å². The molecule has 1 fully saturated rings. The van der Waals surface area contributed by atoms with Gasteiger partial charge in [0.25, 0.3) is 0 Å². The first-order valence-electron chi connectivity index (χ1n) is 7.44. The number of halogens is 2. The third kappa shape index (κ3) is 3.95. The number of carbonyl (C=O) groups excluding carboxylic acids is 1. The average Bonchev–Trinajstić information content (AvgIpc) is 2.50. The minimum Gasteiger partial charge on any atom is -0.340 e. The molecule has 3 nitrogen and oxygen atoms in total. The zero-order valence-electron chi connectivity index (χ0n) is 12.5. The molecule has 0 bridgehead atoms. The lowest BCUT2D eigenvalue weighted by Crippen LogP contribution is -2.49. The molecule has 0 spiro atoms. The zero-order valence-corrected chi connectivity index (χ0v) is 13.3. The number of benzene rings is 1. The molecule has 1 aromatic rings. The molecule has 1 heterocycles. The van der Waals surface area contributed by atoms with E-state index in [1.54, 1.807) is 24.1 Å². The highest BCUT2D eigenvalue weighted by Crippen LogP contribution is 2.23. The predicted octanol–water partition coefficient (Wildman–Crippen LogP) is 3.22. The standard InChI is InChI=1S/C16H22ClFN2O/c1-3-11-7-8-19-15(9-11)16(21)20(2)10-12-13(17)5-4-6-14(12)18/h4-6,11,15,19H,3,7-10H2,1-2H3. The van der Waals surface area contributed by atoms with Crippen LogP contribution in [0.3, 0.4) is 0 Å². The second-order valence-corrected chi connectivity index (χ2v) is 6.11. The Kier molecular flexibility index (Phi) is 5.59. The summed E-state index contributed by atoms with van der Waals surface area (Å²) in [5.41, 5.74) is 0.373. The number of likely N-dealkylation sites (N-methyl/N-ethyl adjacent to an activating group) is 1. The first kappa shape index (κ1) is 16.2. The quantitative estimate of drug-likeness (QED) is 0.926. The topological polar surface area (TPSA) is 32.3 Å². The van der Waals surface area contributed by atoms with Gasteiger partial charge >= 0.3 is 0 Å². The number of carbonyl (C=O) groups is 1. The first-order chi connectivity index (χ1) is 10.0. The predicted molar refractivity (Wildman–Crippen MR) is 82.7 cm³/mol. The fraction of sp³-hybridized carbons (Fsp3) is 0.562. The van der Waals surface area contributed by atoms with E-state index in [1.807, 2.05) is 0 Å². The smallest absolute Gasteiger partial charge is 0.239 e. The maximum Gasteiger partial charge on any atom is 0.239 e. The molecule has 0 saturated carbocycles. The van der Waals surface area contributed by atoms with Gasteiger partial charge in [0.1, 0.15) is 5.82 Å². The molecular formula is C16H22ClFN2O. The number of amides is 1. The molecule has 2 unspecified atom stereocenters. The number of rotatable bonds is 4. The first-order valence-corrected chi connectivity index (χ1v) is 7.82. The van der Waals surface area contributed by atoms with Crippen molar-refractivity contribution in [2.45, 2.75) is 38.8 Å². The number of nitrogens with one attached hydrogen (secondary N) is 1. The normalized spacial score (nSPS) is 22.1. The third-order valence-corrected chi connectivity index (χ3v) is 4.58. The monoisotopic (exact) mass is 312 g/mol. The van der Waals surface area contributed by atoms with Crippen molar-refractivity contribution < 1.29 is 9.18 Å². The molecule has 5 heteroatoms. The summed E-state index contributed by atoms with van der Waals surface area (Å²) in [6, 6.07) is 4.41. The Hall–Kier alpha value is -1.13. The highest BCUT2D eigenvalue weighted by Gasteiger charge is 2.28. The van der Waals surface area contributed by atoms with Gasteiger partial charge in [-0.2, -0.15) is 0 Å². The number of nitrogens with zero attached hydrogens (tertiary/aromatic N) is 1. The summed E-state index contributed by atoms with van der Waals surface area (Å²) in [6.07, 6.45) is 3.06. The maximum atomic E-state index is 13.8. The van der Waals surface area contributed by atoms with Gasteiger partial charge in [0.15, 0.2) is 0 Å². The van der Waals surface area contributed by atoms with Gasteiger partial charge in [-0.25, -0.2) is 4.39 Å². The summed E-state index contributed by atoms with van der Waals surface area (Å²) in [6.45, 7) is 3.21. The van der Waals surface area contributed by atoms with Crippen LogP contribution < -0.4 is 5.32 Å². The van der Waals surface area contributed by atoms with E-state index in [9.17, 15) is 9.18 Å². The van der Waals surface area contributed by atoms with Gasteiger partial charge < -0.3 is 10.2 Å². The van der Waals surface area contributed by atoms with E-state index in [2.05, 4.69) is 12.2 Å². The summed E-state index contributed by atoms with van der Waals surface area (Å²) in [5, 5.41) is 3.62. The second-order valence-electron chi connectivity index (χ2n) is 5.70. The van der Waals surface area contributed by atoms with Crippen molar-refractivity contribution >= 4 is 17.5 Å². The summed E-state index contributed by atoms with van der Waals surface area (Å²) in [4.78, 5) is 14.0. The van der Waals surface area contributed by atoms with Crippen LogP contribution in [-0.4, -0.2) is 30.4 Å². The van der Waals surface area contributed by atoms with Crippen LogP contribution in [-0.2, 0) is 11.3 Å². The fourth-order valence-corrected chi connectivity index (χ4v) is 3.04. The van der Waals surface area contributed by atoms with Gasteiger partial charge in [0, 0.05) is 24.2 Å². The summed E-state index contributed by atoms with van der Waals surface area (Å²) in [5.74, 6) is 0.225. The van der Waals surface area contributed by atoms with Gasteiger partial charge in [-0.1, -0.05) is 31.0 Å². The van der Waals surface area contributed by atoms with E-state index in [1.165, 1.54) is 6.07 Å². The Morgan fingerprint density at radius 3 is 2.95 bits per heavy atom. The second kappa shape index (κ2) is 7.23. The Labute approximate surface area is 130 Å². The number of hydrogen-bond donors (Lipinski definition) is 1. The van der Waals surface area contributed by atoms with Crippen molar-refractivity contribution in [1.29, 1.82) is 0 Å². The van der Waals surface area contributed by atoms with E-state index >= 15 is 0 Å². The lowest BCUT2D eigenvalue weighted by molar-refractivity contribution is -0.133. The van der Waals surface area contributed by atoms with E-state index in [-0.39, 0.29) is 24.3 Å². The average molecular weight is 313 g/mol. The molecule has 0 radical (unpaired) electrons. The maximum absolute atomic E-state index is 13.8. The molecule has 1 aliphatic rings. The molecule has 21 heavy (non-hydrogen) atoms. The van der Waals surface area contributed by atoms with Crippen LogP contribution in [0.25, 0.3) is 0 Å². The molecule has 2 rings (SSSR count). The van der Waals surface area contributed by atoms with Crippen molar-refractivity contribution in [1.82, 2.24) is 10.2 Å². The molecule has 1 N–H and O–H groups in total. The molecule has 0 aromatic heterocycles. The van der Waals surface area contributed by atoms with Crippen LogP contribution in [0.15, 0.2) is 18.2 Å². The van der Waals surface area contributed by atoms with Crippen LogP contribution in [0.5, 0.6) is 0 Å². The van der Waals surface area contributed by atoms with Crippen LogP contribution >= 0.6 is 11.6 Å². The SMILES string of the molecule is CCC1CCNC(C(=O)N(C)Cc2c(F)cccc2Cl)C1. The van der Waals surface area contributed by atoms with Crippen molar-refractivity contribution in [3.63, 3.8) is 0 Å². The molecule has 0 aliphatic carbocycles. The Morgan fingerprint density at radius 1 is 1.52 bits per heavy atom. The number of hydrogen-bond acceptors (Lipinski definition) is 2. The molecule has 116 valence electrons. The summed E-state index contributed by atoms with van der Waals surface area (Å²) < 4.78 is 13.8. The lowest BCUT2D eigenvalue weighted by Gasteiger charge is -2.31. The van der Waals surface area contributed by atoms with Gasteiger partial charge in [-0.05, 0) is 37.4 Å². The minimum absolute atomic E-state index is 0.00692. The van der Waals surface area contributed by atoms with Gasteiger partial charge in [-0.15, -0.1) is 0 Å². The summed E-state index contributed by atoms with van der Waals surface area (Å²) >= 11 is 6.02. The molecule has 1 saturated heterocycles. The van der Waals surface area contributed by atoms with Crippen molar-refractivity contribution in [3.8, 4) is 0 Å². The van der Waals surface area contributed by atoms with E-state index in [0.29, 0.717) is 16.5 Å². The Balaban J connectivity index is 2.02. The Bertz CT molecular complexity index is 489. The van der Waals surface area contributed by atoms with Crippen LogP contribution in [0, 0.1) is 11.7 Å². The molecule has 1 amide bonds. The van der Waals surface area contributed by atoms with Crippen LogP contribution in [0.2, 0.25) is 5.02 Å². The Morgan fingerprint density at radius 2 is 2.29 bits per heavy atom. The molecule has 1 aromatic carbocycles. The highest BCUT2D eigenvalue weighted by atomic mass is 35.5. The van der Waals surface area contributed by atoms with Gasteiger partial charge in [-0.3, -0.25) is 4.79 Å². The van der Waals surface area contributed by atoms with Gasteiger partial charge in [0.2, 0.25) is 5.91 Å². The van der Waals surface area contributed by atoms with Gasteiger partial charge in [0.05, 0.1) is 6.04 Å². The number of piperidine rings is 1. The van der Waals surface area contributed by atoms with E-state index in [0.717, 1.165) is 25.8 Å². The van der Waals surface area contributed by atoms with Crippen molar-refractivity contribution in [3.05, 3.63) is 34.6 Å². The fourth-order valence-electron chi connectivity index (χ4n) is 2.82. The third-order valence-electron chi connectivity index (χ3n) is 4.22. The lowest BCUT2D eigenvalue weighted by atomic mass is 9.90. The largest absolute Gasteiger partial charge is 0.340 e.